The van der Waals surface area contributed by atoms with Gasteiger partial charge in [0.25, 0.3) is 0 Å². The lowest BCUT2D eigenvalue weighted by Crippen LogP contribution is -1.97. The molecule has 0 bridgehead atoms. The van der Waals surface area contributed by atoms with Crippen LogP contribution in [0, 0.1) is 6.92 Å². The minimum Gasteiger partial charge on any atom is -0.497 e. The van der Waals surface area contributed by atoms with Crippen LogP contribution in [0.15, 0.2) is 18.2 Å². The molecule has 18 heavy (non-hydrogen) atoms. The highest BCUT2D eigenvalue weighted by atomic mass is 16.5. The highest BCUT2D eigenvalue weighted by Crippen LogP contribution is 2.35. The Balaban J connectivity index is 2.64. The number of rotatable bonds is 3. The van der Waals surface area contributed by atoms with Crippen LogP contribution in [-0.4, -0.2) is 24.0 Å². The van der Waals surface area contributed by atoms with Crippen LogP contribution < -0.4 is 15.2 Å². The Labute approximate surface area is 106 Å². The molecule has 0 spiro atoms. The van der Waals surface area contributed by atoms with Crippen molar-refractivity contribution in [3.05, 3.63) is 23.8 Å². The van der Waals surface area contributed by atoms with Crippen molar-refractivity contribution in [2.45, 2.75) is 6.92 Å². The lowest BCUT2D eigenvalue weighted by Gasteiger charge is -2.09. The fourth-order valence-electron chi connectivity index (χ4n) is 1.90. The average Bonchev–Trinajstić information content (AvgIpc) is 2.65. The van der Waals surface area contributed by atoms with Crippen molar-refractivity contribution in [1.29, 1.82) is 0 Å². The number of anilines is 1. The predicted molar refractivity (Wildman–Crippen MR) is 70.9 cm³/mol. The second-order valence-electron chi connectivity index (χ2n) is 4.05. The normalized spacial score (nSPS) is 10.4. The summed E-state index contributed by atoms with van der Waals surface area (Å²) in [5.74, 6) is 2.15. The van der Waals surface area contributed by atoms with Crippen molar-refractivity contribution < 1.29 is 9.47 Å². The number of hydrogen-bond donors (Lipinski definition) is 1. The molecule has 0 aliphatic rings. The van der Waals surface area contributed by atoms with Gasteiger partial charge in [-0.05, 0) is 25.1 Å². The molecule has 2 aromatic rings. The van der Waals surface area contributed by atoms with E-state index in [1.54, 1.807) is 18.9 Å². The van der Waals surface area contributed by atoms with Crippen LogP contribution in [0.4, 0.5) is 5.82 Å². The molecule has 0 radical (unpaired) electrons. The third-order valence-electron chi connectivity index (χ3n) is 3.00. The summed E-state index contributed by atoms with van der Waals surface area (Å²) >= 11 is 0. The van der Waals surface area contributed by atoms with Crippen LogP contribution in [0.1, 0.15) is 5.56 Å². The zero-order chi connectivity index (χ0) is 13.3. The topological polar surface area (TPSA) is 62.3 Å². The van der Waals surface area contributed by atoms with Crippen LogP contribution in [0.25, 0.3) is 11.3 Å². The number of aryl methyl sites for hydroxylation is 1. The zero-order valence-corrected chi connectivity index (χ0v) is 11.0. The number of nitrogens with two attached hydrogens (primary N) is 1. The molecular weight excluding hydrogens is 230 g/mol. The number of aromatic nitrogens is 2. The highest BCUT2D eigenvalue weighted by Gasteiger charge is 2.16. The van der Waals surface area contributed by atoms with E-state index in [0.29, 0.717) is 5.82 Å². The fraction of sp³-hybridized carbons (Fsp3) is 0.308. The monoisotopic (exact) mass is 247 g/mol. The summed E-state index contributed by atoms with van der Waals surface area (Å²) in [6.07, 6.45) is 0. The number of ether oxygens (including phenoxy) is 2. The van der Waals surface area contributed by atoms with E-state index in [1.165, 1.54) is 0 Å². The van der Waals surface area contributed by atoms with Gasteiger partial charge in [-0.3, -0.25) is 4.68 Å². The van der Waals surface area contributed by atoms with Gasteiger partial charge >= 0.3 is 0 Å². The second-order valence-corrected chi connectivity index (χ2v) is 4.05. The minimum absolute atomic E-state index is 0.648. The van der Waals surface area contributed by atoms with Crippen LogP contribution in [-0.2, 0) is 7.05 Å². The molecule has 5 heteroatoms. The smallest absolute Gasteiger partial charge is 0.128 e. The molecule has 96 valence electrons. The first-order valence-corrected chi connectivity index (χ1v) is 5.60. The molecule has 0 unspecified atom stereocenters. The molecule has 0 aliphatic carbocycles. The van der Waals surface area contributed by atoms with E-state index in [-0.39, 0.29) is 0 Å². The Kier molecular flexibility index (Phi) is 3.14. The lowest BCUT2D eigenvalue weighted by molar-refractivity contribution is 0.404. The van der Waals surface area contributed by atoms with Crippen LogP contribution in [0.2, 0.25) is 0 Å². The summed E-state index contributed by atoms with van der Waals surface area (Å²) in [6, 6.07) is 5.61. The quantitative estimate of drug-likeness (QED) is 0.901. The Bertz CT molecular complexity index is 576. The van der Waals surface area contributed by atoms with Gasteiger partial charge in [-0.15, -0.1) is 0 Å². The van der Waals surface area contributed by atoms with E-state index >= 15 is 0 Å². The van der Waals surface area contributed by atoms with Gasteiger partial charge in [-0.2, -0.15) is 5.10 Å². The predicted octanol–water partition coefficient (Wildman–Crippen LogP) is 1.99. The van der Waals surface area contributed by atoms with Crippen LogP contribution >= 0.6 is 0 Å². The van der Waals surface area contributed by atoms with E-state index < -0.39 is 0 Å². The van der Waals surface area contributed by atoms with Gasteiger partial charge in [-0.25, -0.2) is 0 Å². The largest absolute Gasteiger partial charge is 0.497 e. The molecule has 0 atom stereocenters. The number of nitrogens with zero attached hydrogens (tertiary/aromatic N) is 2. The van der Waals surface area contributed by atoms with Crippen molar-refractivity contribution in [1.82, 2.24) is 9.78 Å². The van der Waals surface area contributed by atoms with Gasteiger partial charge in [0.1, 0.15) is 23.0 Å². The van der Waals surface area contributed by atoms with Gasteiger partial charge < -0.3 is 15.2 Å². The van der Waals surface area contributed by atoms with Gasteiger partial charge in [-0.1, -0.05) is 0 Å². The Morgan fingerprint density at radius 3 is 2.44 bits per heavy atom. The van der Waals surface area contributed by atoms with Crippen LogP contribution in [0.3, 0.4) is 0 Å². The molecule has 1 aromatic carbocycles. The maximum atomic E-state index is 5.93. The molecule has 5 nitrogen and oxygen atoms in total. The Morgan fingerprint density at radius 1 is 1.22 bits per heavy atom. The molecular formula is C13H17N3O2. The molecule has 0 saturated heterocycles. The van der Waals surface area contributed by atoms with Crippen molar-refractivity contribution in [3.63, 3.8) is 0 Å². The lowest BCUT2D eigenvalue weighted by atomic mass is 10.1. The summed E-state index contributed by atoms with van der Waals surface area (Å²) in [4.78, 5) is 0. The van der Waals surface area contributed by atoms with Gasteiger partial charge in [0.15, 0.2) is 0 Å². The highest BCUT2D eigenvalue weighted by molar-refractivity contribution is 5.74. The molecule has 2 rings (SSSR count). The van der Waals surface area contributed by atoms with E-state index in [4.69, 9.17) is 15.2 Å². The molecule has 1 aromatic heterocycles. The van der Waals surface area contributed by atoms with E-state index in [0.717, 1.165) is 28.3 Å². The molecule has 0 amide bonds. The molecule has 2 N–H and O–H groups in total. The third kappa shape index (κ3) is 1.88. The Morgan fingerprint density at radius 2 is 1.94 bits per heavy atom. The van der Waals surface area contributed by atoms with Crippen molar-refractivity contribution in [2.24, 2.45) is 7.05 Å². The van der Waals surface area contributed by atoms with Gasteiger partial charge in [0.05, 0.1) is 14.2 Å². The van der Waals surface area contributed by atoms with E-state index in [9.17, 15) is 0 Å². The summed E-state index contributed by atoms with van der Waals surface area (Å²) in [7, 11) is 5.08. The van der Waals surface area contributed by atoms with Crippen molar-refractivity contribution >= 4 is 5.82 Å². The molecule has 0 aliphatic heterocycles. The maximum absolute atomic E-state index is 5.93. The standard InChI is InChI=1S/C13H17N3O2/c1-8-12(15-16(2)13(8)14)10-7-9(17-3)5-6-11(10)18-4/h5-7H,14H2,1-4H3. The van der Waals surface area contributed by atoms with E-state index in [1.807, 2.05) is 32.2 Å². The van der Waals surface area contributed by atoms with Crippen LogP contribution in [0.5, 0.6) is 11.5 Å². The minimum atomic E-state index is 0.648. The fourth-order valence-corrected chi connectivity index (χ4v) is 1.90. The van der Waals surface area contributed by atoms with Crippen molar-refractivity contribution in [3.8, 4) is 22.8 Å². The third-order valence-corrected chi connectivity index (χ3v) is 3.00. The SMILES string of the molecule is COc1ccc(OC)c(-c2nn(C)c(N)c2C)c1. The number of hydrogen-bond acceptors (Lipinski definition) is 4. The summed E-state index contributed by atoms with van der Waals surface area (Å²) in [6.45, 7) is 1.94. The van der Waals surface area contributed by atoms with Crippen molar-refractivity contribution in [2.75, 3.05) is 20.0 Å². The molecule has 1 heterocycles. The number of benzene rings is 1. The van der Waals surface area contributed by atoms with Gasteiger partial charge in [0, 0.05) is 18.2 Å². The van der Waals surface area contributed by atoms with Gasteiger partial charge in [0.2, 0.25) is 0 Å². The molecule has 0 saturated carbocycles. The maximum Gasteiger partial charge on any atom is 0.128 e. The first kappa shape index (κ1) is 12.3. The Hall–Kier alpha value is -2.17. The number of methoxy groups -OCH3 is 2. The first-order valence-electron chi connectivity index (χ1n) is 5.60. The first-order chi connectivity index (χ1) is 8.58. The number of nitrogen functional groups attached to an aromatic ring is 1. The summed E-state index contributed by atoms with van der Waals surface area (Å²) in [5, 5.41) is 4.42. The molecule has 0 fully saturated rings. The summed E-state index contributed by atoms with van der Waals surface area (Å²) < 4.78 is 12.2. The average molecular weight is 247 g/mol. The zero-order valence-electron chi connectivity index (χ0n) is 11.0. The summed E-state index contributed by atoms with van der Waals surface area (Å²) in [5.41, 5.74) is 8.55. The van der Waals surface area contributed by atoms with E-state index in [2.05, 4.69) is 5.10 Å². The second kappa shape index (κ2) is 4.60.